The molecule has 0 radical (unpaired) electrons. The molecular weight excluding hydrogens is 172 g/mol. The normalized spacial score (nSPS) is 20.8. The summed E-state index contributed by atoms with van der Waals surface area (Å²) in [5.74, 6) is 0.961. The number of hydrogen-bond acceptors (Lipinski definition) is 4. The number of aryl methyl sites for hydroxylation is 1. The van der Waals surface area contributed by atoms with Crippen LogP contribution in [0.15, 0.2) is 10.6 Å². The van der Waals surface area contributed by atoms with Crippen molar-refractivity contribution in [2.75, 3.05) is 11.9 Å². The molecule has 0 spiro atoms. The highest BCUT2D eigenvalue weighted by Crippen LogP contribution is 2.14. The van der Waals surface area contributed by atoms with Crippen LogP contribution in [0.2, 0.25) is 0 Å². The maximum Gasteiger partial charge on any atom is 0.254 e. The molecule has 1 amide bonds. The summed E-state index contributed by atoms with van der Waals surface area (Å²) in [6.45, 7) is 2.43. The second-order valence-corrected chi connectivity index (χ2v) is 2.96. The molecular formula is C8H10N2O3. The number of aromatic nitrogens is 1. The fraction of sp³-hybridized carbons (Fsp3) is 0.500. The lowest BCUT2D eigenvalue weighted by molar-refractivity contribution is -0.139. The van der Waals surface area contributed by atoms with Gasteiger partial charge in [-0.2, -0.15) is 0 Å². The van der Waals surface area contributed by atoms with Gasteiger partial charge in [0.2, 0.25) is 0 Å². The van der Waals surface area contributed by atoms with Crippen LogP contribution in [0.1, 0.15) is 12.2 Å². The molecule has 1 aliphatic heterocycles. The molecule has 1 N–H and O–H groups in total. The number of nitrogens with one attached hydrogen (secondary N) is 1. The second kappa shape index (κ2) is 3.18. The highest BCUT2D eigenvalue weighted by atomic mass is 16.5. The van der Waals surface area contributed by atoms with Crippen molar-refractivity contribution in [3.8, 4) is 0 Å². The van der Waals surface area contributed by atoms with Crippen LogP contribution in [0.4, 0.5) is 5.82 Å². The van der Waals surface area contributed by atoms with Crippen molar-refractivity contribution in [2.24, 2.45) is 0 Å². The van der Waals surface area contributed by atoms with Crippen LogP contribution in [0.3, 0.4) is 0 Å². The molecule has 1 aromatic heterocycles. The molecule has 13 heavy (non-hydrogen) atoms. The lowest BCUT2D eigenvalue weighted by atomic mass is 10.2. The zero-order chi connectivity index (χ0) is 9.26. The number of ether oxygens (including phenoxy) is 1. The molecule has 5 heteroatoms. The molecule has 0 aromatic carbocycles. The predicted molar refractivity (Wildman–Crippen MR) is 44.2 cm³/mol. The minimum absolute atomic E-state index is 0.153. The highest BCUT2D eigenvalue weighted by molar-refractivity contribution is 5.93. The lowest BCUT2D eigenvalue weighted by Gasteiger charge is -2.24. The van der Waals surface area contributed by atoms with E-state index in [0.717, 1.165) is 6.42 Å². The first-order valence-corrected chi connectivity index (χ1v) is 4.11. The van der Waals surface area contributed by atoms with Gasteiger partial charge >= 0.3 is 0 Å². The molecule has 1 unspecified atom stereocenters. The van der Waals surface area contributed by atoms with Gasteiger partial charge in [0.15, 0.2) is 5.82 Å². The Morgan fingerprint density at radius 2 is 2.54 bits per heavy atom. The molecule has 1 aliphatic rings. The Hall–Kier alpha value is -1.36. The monoisotopic (exact) mass is 182 g/mol. The Kier molecular flexibility index (Phi) is 2.02. The molecule has 1 aromatic rings. The molecule has 1 fully saturated rings. The molecule has 0 bridgehead atoms. The van der Waals surface area contributed by atoms with Crippen LogP contribution >= 0.6 is 0 Å². The van der Waals surface area contributed by atoms with E-state index >= 15 is 0 Å². The van der Waals surface area contributed by atoms with Gasteiger partial charge in [0, 0.05) is 12.5 Å². The summed E-state index contributed by atoms with van der Waals surface area (Å²) in [6.07, 6.45) is 0.472. The fourth-order valence-corrected chi connectivity index (χ4v) is 1.07. The highest BCUT2D eigenvalue weighted by Gasteiger charge is 2.26. The van der Waals surface area contributed by atoms with E-state index < -0.39 is 0 Å². The third-order valence-electron chi connectivity index (χ3n) is 1.87. The second-order valence-electron chi connectivity index (χ2n) is 2.96. The molecule has 2 rings (SSSR count). The van der Waals surface area contributed by atoms with Crippen LogP contribution in [0.5, 0.6) is 0 Å². The van der Waals surface area contributed by atoms with E-state index in [1.165, 1.54) is 0 Å². The molecule has 0 aliphatic carbocycles. The summed E-state index contributed by atoms with van der Waals surface area (Å²) in [5.41, 5.74) is 0. The van der Waals surface area contributed by atoms with Crippen molar-refractivity contribution < 1.29 is 14.1 Å². The zero-order valence-corrected chi connectivity index (χ0v) is 7.24. The smallest absolute Gasteiger partial charge is 0.254 e. The standard InChI is InChI=1S/C8H10N2O3/c1-5-4-7(10-13-5)9-8(11)6-2-3-12-6/h4,6H,2-3H2,1H3,(H,9,10,11). The van der Waals surface area contributed by atoms with Gasteiger partial charge in [0.05, 0.1) is 6.61 Å². The first-order chi connectivity index (χ1) is 6.25. The SMILES string of the molecule is Cc1cc(NC(=O)C2CCO2)no1. The molecule has 1 saturated heterocycles. The van der Waals surface area contributed by atoms with Gasteiger partial charge in [0.1, 0.15) is 11.9 Å². The largest absolute Gasteiger partial charge is 0.368 e. The number of rotatable bonds is 2. The lowest BCUT2D eigenvalue weighted by Crippen LogP contribution is -2.38. The summed E-state index contributed by atoms with van der Waals surface area (Å²) < 4.78 is 9.79. The first kappa shape index (κ1) is 8.25. The van der Waals surface area contributed by atoms with E-state index in [0.29, 0.717) is 18.2 Å². The Morgan fingerprint density at radius 1 is 1.77 bits per heavy atom. The average molecular weight is 182 g/mol. The third-order valence-corrected chi connectivity index (χ3v) is 1.87. The quantitative estimate of drug-likeness (QED) is 0.731. The number of anilines is 1. The van der Waals surface area contributed by atoms with Crippen LogP contribution in [-0.4, -0.2) is 23.8 Å². The summed E-state index contributed by atoms with van der Waals surface area (Å²) in [7, 11) is 0. The number of hydrogen-bond donors (Lipinski definition) is 1. The summed E-state index contributed by atoms with van der Waals surface area (Å²) in [6, 6.07) is 1.66. The Balaban J connectivity index is 1.93. The number of carbonyl (C=O) groups is 1. The van der Waals surface area contributed by atoms with Crippen LogP contribution in [-0.2, 0) is 9.53 Å². The van der Waals surface area contributed by atoms with Gasteiger partial charge in [-0.25, -0.2) is 0 Å². The maximum absolute atomic E-state index is 11.3. The van der Waals surface area contributed by atoms with Gasteiger partial charge in [0.25, 0.3) is 5.91 Å². The first-order valence-electron chi connectivity index (χ1n) is 4.11. The number of nitrogens with zero attached hydrogens (tertiary/aromatic N) is 1. The minimum Gasteiger partial charge on any atom is -0.368 e. The van der Waals surface area contributed by atoms with E-state index in [1.54, 1.807) is 13.0 Å². The predicted octanol–water partition coefficient (Wildman–Crippen LogP) is 0.710. The molecule has 5 nitrogen and oxygen atoms in total. The number of carbonyl (C=O) groups excluding carboxylic acids is 1. The van der Waals surface area contributed by atoms with Crippen molar-refractivity contribution >= 4 is 11.7 Å². The van der Waals surface area contributed by atoms with Crippen molar-refractivity contribution in [3.05, 3.63) is 11.8 Å². The molecule has 0 saturated carbocycles. The Morgan fingerprint density at radius 3 is 3.00 bits per heavy atom. The van der Waals surface area contributed by atoms with E-state index in [9.17, 15) is 4.79 Å². The van der Waals surface area contributed by atoms with Gasteiger partial charge in [-0.1, -0.05) is 5.16 Å². The van der Waals surface area contributed by atoms with E-state index in [1.807, 2.05) is 0 Å². The summed E-state index contributed by atoms with van der Waals surface area (Å²) in [4.78, 5) is 11.3. The molecule has 70 valence electrons. The van der Waals surface area contributed by atoms with Crippen LogP contribution in [0, 0.1) is 6.92 Å². The van der Waals surface area contributed by atoms with Crippen molar-refractivity contribution in [1.82, 2.24) is 5.16 Å². The Labute approximate surface area is 75.0 Å². The summed E-state index contributed by atoms with van der Waals surface area (Å²) in [5, 5.41) is 6.23. The van der Waals surface area contributed by atoms with Crippen LogP contribution < -0.4 is 5.32 Å². The maximum atomic E-state index is 11.3. The van der Waals surface area contributed by atoms with E-state index in [4.69, 9.17) is 9.26 Å². The zero-order valence-electron chi connectivity index (χ0n) is 7.24. The van der Waals surface area contributed by atoms with Crippen molar-refractivity contribution in [2.45, 2.75) is 19.4 Å². The van der Waals surface area contributed by atoms with Crippen molar-refractivity contribution in [3.63, 3.8) is 0 Å². The van der Waals surface area contributed by atoms with E-state index in [2.05, 4.69) is 10.5 Å². The van der Waals surface area contributed by atoms with Crippen LogP contribution in [0.25, 0.3) is 0 Å². The number of amides is 1. The van der Waals surface area contributed by atoms with Gasteiger partial charge in [-0.3, -0.25) is 4.79 Å². The third kappa shape index (κ3) is 1.70. The van der Waals surface area contributed by atoms with Gasteiger partial charge < -0.3 is 14.6 Å². The summed E-state index contributed by atoms with van der Waals surface area (Å²) >= 11 is 0. The molecule has 1 atom stereocenters. The minimum atomic E-state index is -0.308. The van der Waals surface area contributed by atoms with Gasteiger partial charge in [-0.05, 0) is 6.92 Å². The topological polar surface area (TPSA) is 64.4 Å². The average Bonchev–Trinajstić information content (AvgIpc) is 2.31. The molecule has 2 heterocycles. The Bertz CT molecular complexity index is 317. The van der Waals surface area contributed by atoms with Gasteiger partial charge in [-0.15, -0.1) is 0 Å². The van der Waals surface area contributed by atoms with Crippen molar-refractivity contribution in [1.29, 1.82) is 0 Å². The fourth-order valence-electron chi connectivity index (χ4n) is 1.07. The van der Waals surface area contributed by atoms with E-state index in [-0.39, 0.29) is 12.0 Å².